The van der Waals surface area contributed by atoms with Gasteiger partial charge in [0.05, 0.1) is 0 Å². The first-order chi connectivity index (χ1) is 5.29. The van der Waals surface area contributed by atoms with Crippen LogP contribution >= 0.6 is 0 Å². The van der Waals surface area contributed by atoms with Crippen LogP contribution < -0.4 is 5.84 Å². The highest BCUT2D eigenvalue weighted by Gasteiger charge is 2.38. The van der Waals surface area contributed by atoms with E-state index in [0.717, 1.165) is 24.9 Å². The van der Waals surface area contributed by atoms with Crippen LogP contribution in [0.3, 0.4) is 0 Å². The van der Waals surface area contributed by atoms with Crippen molar-refractivity contribution >= 4 is 0 Å². The maximum absolute atomic E-state index is 5.73. The van der Waals surface area contributed by atoms with Crippen LogP contribution in [0.5, 0.6) is 0 Å². The summed E-state index contributed by atoms with van der Waals surface area (Å²) in [5, 5.41) is 1.97. The van der Waals surface area contributed by atoms with E-state index in [2.05, 4.69) is 11.8 Å². The Balaban J connectivity index is 1.93. The Labute approximate surface area is 68.1 Å². The second-order valence-electron chi connectivity index (χ2n) is 3.83. The van der Waals surface area contributed by atoms with Gasteiger partial charge in [-0.1, -0.05) is 6.92 Å². The van der Waals surface area contributed by atoms with Crippen LogP contribution in [0.2, 0.25) is 0 Å². The number of nitrogens with zero attached hydrogens (tertiary/aromatic N) is 2. The van der Waals surface area contributed by atoms with Crippen molar-refractivity contribution in [1.82, 2.24) is 9.91 Å². The molecule has 2 heterocycles. The summed E-state index contributed by atoms with van der Waals surface area (Å²) in [7, 11) is 0. The van der Waals surface area contributed by atoms with Crippen LogP contribution in [0.25, 0.3) is 0 Å². The van der Waals surface area contributed by atoms with Crippen LogP contribution in [0.15, 0.2) is 0 Å². The molecule has 0 aliphatic carbocycles. The van der Waals surface area contributed by atoms with Crippen molar-refractivity contribution < 1.29 is 0 Å². The zero-order valence-corrected chi connectivity index (χ0v) is 7.16. The Morgan fingerprint density at radius 3 is 2.18 bits per heavy atom. The molecular weight excluding hydrogens is 138 g/mol. The first-order valence-corrected chi connectivity index (χ1v) is 4.51. The predicted octanol–water partition coefficient (Wildman–Crippen LogP) is -0.256. The van der Waals surface area contributed by atoms with Gasteiger partial charge >= 0.3 is 0 Å². The molecule has 2 aliphatic rings. The van der Waals surface area contributed by atoms with E-state index in [9.17, 15) is 0 Å². The number of hydrogen-bond acceptors (Lipinski definition) is 3. The summed E-state index contributed by atoms with van der Waals surface area (Å²) in [5.74, 6) is 7.45. The van der Waals surface area contributed by atoms with Crippen LogP contribution in [0.4, 0.5) is 0 Å². The molecule has 0 saturated carbocycles. The van der Waals surface area contributed by atoms with Gasteiger partial charge in [-0.3, -0.25) is 5.84 Å². The fourth-order valence-electron chi connectivity index (χ4n) is 2.38. The van der Waals surface area contributed by atoms with E-state index >= 15 is 0 Å². The smallest absolute Gasteiger partial charge is 0.0172 e. The van der Waals surface area contributed by atoms with Gasteiger partial charge in [0.25, 0.3) is 0 Å². The Morgan fingerprint density at radius 1 is 1.18 bits per heavy atom. The summed E-state index contributed by atoms with van der Waals surface area (Å²) < 4.78 is 0. The predicted molar refractivity (Wildman–Crippen MR) is 44.9 cm³/mol. The van der Waals surface area contributed by atoms with E-state index in [1.165, 1.54) is 19.6 Å². The molecule has 0 radical (unpaired) electrons. The fraction of sp³-hybridized carbons (Fsp3) is 1.00. The van der Waals surface area contributed by atoms with Crippen molar-refractivity contribution in [3.8, 4) is 0 Å². The van der Waals surface area contributed by atoms with Gasteiger partial charge in [0.15, 0.2) is 0 Å². The lowest BCUT2D eigenvalue weighted by Crippen LogP contribution is -2.33. The number of nitrogens with two attached hydrogens (primary N) is 1. The van der Waals surface area contributed by atoms with E-state index in [-0.39, 0.29) is 0 Å². The molecule has 3 nitrogen and oxygen atoms in total. The summed E-state index contributed by atoms with van der Waals surface area (Å²) >= 11 is 0. The zero-order valence-electron chi connectivity index (χ0n) is 7.16. The van der Waals surface area contributed by atoms with Crippen LogP contribution in [-0.4, -0.2) is 42.6 Å². The van der Waals surface area contributed by atoms with E-state index in [1.54, 1.807) is 0 Å². The van der Waals surface area contributed by atoms with Gasteiger partial charge in [0.2, 0.25) is 0 Å². The second-order valence-corrected chi connectivity index (χ2v) is 3.83. The Hall–Kier alpha value is -0.120. The number of hydrazine groups is 1. The van der Waals surface area contributed by atoms with Crippen LogP contribution in [-0.2, 0) is 0 Å². The van der Waals surface area contributed by atoms with Crippen molar-refractivity contribution in [1.29, 1.82) is 0 Å². The number of rotatable bonds is 1. The van der Waals surface area contributed by atoms with Crippen molar-refractivity contribution in [3.05, 3.63) is 0 Å². The van der Waals surface area contributed by atoms with Crippen LogP contribution in [0, 0.1) is 11.8 Å². The molecule has 2 saturated heterocycles. The van der Waals surface area contributed by atoms with Gasteiger partial charge in [-0.2, -0.15) is 0 Å². The highest BCUT2D eigenvalue weighted by atomic mass is 15.4. The lowest BCUT2D eigenvalue weighted by molar-refractivity contribution is 0.267. The Bertz CT molecular complexity index is 134. The molecule has 64 valence electrons. The molecule has 0 bridgehead atoms. The van der Waals surface area contributed by atoms with Gasteiger partial charge in [-0.25, -0.2) is 5.01 Å². The third kappa shape index (κ3) is 1.28. The minimum Gasteiger partial charge on any atom is -0.303 e. The fourth-order valence-corrected chi connectivity index (χ4v) is 2.38. The van der Waals surface area contributed by atoms with E-state index < -0.39 is 0 Å². The Morgan fingerprint density at radius 2 is 1.73 bits per heavy atom. The number of fused-ring (bicyclic) bond motifs is 1. The lowest BCUT2D eigenvalue weighted by Gasteiger charge is -2.15. The third-order valence-corrected chi connectivity index (χ3v) is 3.04. The van der Waals surface area contributed by atoms with Gasteiger partial charge < -0.3 is 4.90 Å². The normalized spacial score (nSPS) is 39.8. The molecule has 0 amide bonds. The third-order valence-electron chi connectivity index (χ3n) is 3.04. The molecule has 0 aromatic rings. The van der Waals surface area contributed by atoms with Crippen molar-refractivity contribution in [2.75, 3.05) is 32.7 Å². The maximum Gasteiger partial charge on any atom is 0.0172 e. The molecule has 2 fully saturated rings. The second kappa shape index (κ2) is 2.73. The molecule has 0 spiro atoms. The molecule has 2 atom stereocenters. The van der Waals surface area contributed by atoms with E-state index in [4.69, 9.17) is 5.84 Å². The molecule has 2 unspecified atom stereocenters. The molecular formula is C8H17N3. The summed E-state index contributed by atoms with van der Waals surface area (Å²) in [6.07, 6.45) is 0. The quantitative estimate of drug-likeness (QED) is 0.530. The first-order valence-electron chi connectivity index (χ1n) is 4.51. The van der Waals surface area contributed by atoms with Crippen molar-refractivity contribution in [2.24, 2.45) is 17.7 Å². The van der Waals surface area contributed by atoms with Gasteiger partial charge in [-0.15, -0.1) is 0 Å². The first kappa shape index (κ1) is 7.53. The minimum absolute atomic E-state index is 0.861. The SMILES string of the molecule is CCN1CC2CN(N)CC2C1. The summed E-state index contributed by atoms with van der Waals surface area (Å²) in [5.41, 5.74) is 0. The Kier molecular flexibility index (Phi) is 1.87. The highest BCUT2D eigenvalue weighted by molar-refractivity contribution is 4.90. The molecule has 2 rings (SSSR count). The average molecular weight is 155 g/mol. The van der Waals surface area contributed by atoms with Gasteiger partial charge in [-0.05, 0) is 18.4 Å². The van der Waals surface area contributed by atoms with Crippen molar-refractivity contribution in [3.63, 3.8) is 0 Å². The summed E-state index contributed by atoms with van der Waals surface area (Å²) in [4.78, 5) is 2.53. The average Bonchev–Trinajstić information content (AvgIpc) is 2.43. The van der Waals surface area contributed by atoms with Gasteiger partial charge in [0.1, 0.15) is 0 Å². The highest BCUT2D eigenvalue weighted by Crippen LogP contribution is 2.28. The van der Waals surface area contributed by atoms with E-state index in [0.29, 0.717) is 0 Å². The number of hydrogen-bond donors (Lipinski definition) is 1. The van der Waals surface area contributed by atoms with E-state index in [1.807, 2.05) is 5.01 Å². The molecule has 3 heteroatoms. The maximum atomic E-state index is 5.73. The molecule has 0 aromatic carbocycles. The van der Waals surface area contributed by atoms with Crippen molar-refractivity contribution in [2.45, 2.75) is 6.92 Å². The lowest BCUT2D eigenvalue weighted by atomic mass is 10.0. The molecule has 11 heavy (non-hydrogen) atoms. The molecule has 2 aliphatic heterocycles. The standard InChI is InChI=1S/C8H17N3/c1-2-10-3-7-5-11(9)6-8(7)4-10/h7-8H,2-6,9H2,1H3. The molecule has 2 N–H and O–H groups in total. The molecule has 0 aromatic heterocycles. The topological polar surface area (TPSA) is 32.5 Å². The van der Waals surface area contributed by atoms with Gasteiger partial charge in [0, 0.05) is 26.2 Å². The zero-order chi connectivity index (χ0) is 7.84. The van der Waals surface area contributed by atoms with Crippen LogP contribution in [0.1, 0.15) is 6.92 Å². The largest absolute Gasteiger partial charge is 0.303 e. The summed E-state index contributed by atoms with van der Waals surface area (Å²) in [6.45, 7) is 8.21. The summed E-state index contributed by atoms with van der Waals surface area (Å²) in [6, 6.07) is 0. The minimum atomic E-state index is 0.861. The monoisotopic (exact) mass is 155 g/mol. The number of likely N-dealkylation sites (tertiary alicyclic amines) is 1.